The Balaban J connectivity index is 2.71. The largest absolute Gasteiger partial charge is 0.478 e. The summed E-state index contributed by atoms with van der Waals surface area (Å²) in [7, 11) is 0. The van der Waals surface area contributed by atoms with E-state index in [0.717, 1.165) is 0 Å². The molecular formula is C12H12Cl3N3O3S. The molecule has 1 rings (SSSR count). The zero-order chi connectivity index (χ0) is 16.9. The Labute approximate surface area is 147 Å². The van der Waals surface area contributed by atoms with E-state index in [1.807, 2.05) is 0 Å². The van der Waals surface area contributed by atoms with Gasteiger partial charge in [-0.2, -0.15) is 0 Å². The number of anilines is 1. The minimum absolute atomic E-state index is 0.0909. The quantitative estimate of drug-likeness (QED) is 0.362. The van der Waals surface area contributed by atoms with Crippen molar-refractivity contribution in [3.05, 3.63) is 29.8 Å². The molecule has 0 unspecified atom stereocenters. The molecule has 4 N–H and O–H groups in total. The van der Waals surface area contributed by atoms with Gasteiger partial charge in [0.1, 0.15) is 6.17 Å². The van der Waals surface area contributed by atoms with Gasteiger partial charge in [0.2, 0.25) is 9.70 Å². The number of benzene rings is 1. The van der Waals surface area contributed by atoms with Crippen molar-refractivity contribution in [1.82, 2.24) is 10.6 Å². The minimum atomic E-state index is -1.81. The van der Waals surface area contributed by atoms with E-state index in [4.69, 9.17) is 52.1 Å². The van der Waals surface area contributed by atoms with Crippen LogP contribution in [0, 0.1) is 0 Å². The number of carbonyl (C=O) groups excluding carboxylic acids is 1. The fourth-order valence-corrected chi connectivity index (χ4v) is 1.96. The number of nitrogens with one attached hydrogen (secondary N) is 3. The molecule has 1 aromatic rings. The lowest BCUT2D eigenvalue weighted by molar-refractivity contribution is -0.119. The summed E-state index contributed by atoms with van der Waals surface area (Å²) in [5, 5.41) is 16.7. The zero-order valence-corrected chi connectivity index (χ0v) is 14.3. The van der Waals surface area contributed by atoms with Crippen LogP contribution in [0.15, 0.2) is 24.3 Å². The third-order valence-corrected chi connectivity index (χ3v) is 3.21. The maximum Gasteiger partial charge on any atom is 0.335 e. The molecule has 10 heteroatoms. The average Bonchev–Trinajstić information content (AvgIpc) is 2.36. The number of amides is 1. The van der Waals surface area contributed by atoms with Gasteiger partial charge in [0, 0.05) is 12.6 Å². The van der Waals surface area contributed by atoms with Gasteiger partial charge in [-0.25, -0.2) is 4.79 Å². The van der Waals surface area contributed by atoms with E-state index >= 15 is 0 Å². The van der Waals surface area contributed by atoms with Crippen molar-refractivity contribution < 1.29 is 14.7 Å². The molecule has 0 heterocycles. The van der Waals surface area contributed by atoms with Gasteiger partial charge in [-0.1, -0.05) is 34.8 Å². The maximum atomic E-state index is 11.1. The predicted octanol–water partition coefficient (Wildman–Crippen LogP) is 2.50. The SMILES string of the molecule is CC(=O)N[C@H](NC(=S)Nc1ccc(C(=O)O)cc1)C(Cl)(Cl)Cl. The van der Waals surface area contributed by atoms with Gasteiger partial charge >= 0.3 is 5.97 Å². The number of alkyl halides is 3. The van der Waals surface area contributed by atoms with Crippen molar-refractivity contribution >= 4 is 69.7 Å². The molecule has 120 valence electrons. The summed E-state index contributed by atoms with van der Waals surface area (Å²) < 4.78 is -1.81. The summed E-state index contributed by atoms with van der Waals surface area (Å²) in [5.41, 5.74) is 0.676. The van der Waals surface area contributed by atoms with Crippen molar-refractivity contribution in [3.8, 4) is 0 Å². The lowest BCUT2D eigenvalue weighted by Gasteiger charge is -2.27. The first-order chi connectivity index (χ1) is 10.1. The number of carboxylic acid groups (broad SMARTS) is 1. The molecule has 0 saturated carbocycles. The molecule has 0 aliphatic carbocycles. The molecule has 0 spiro atoms. The number of hydrogen-bond donors (Lipinski definition) is 4. The second kappa shape index (κ2) is 7.82. The van der Waals surface area contributed by atoms with E-state index in [1.165, 1.54) is 31.2 Å². The zero-order valence-electron chi connectivity index (χ0n) is 11.2. The average molecular weight is 385 g/mol. The van der Waals surface area contributed by atoms with Crippen molar-refractivity contribution in [1.29, 1.82) is 0 Å². The second-order valence-corrected chi connectivity index (χ2v) is 6.93. The molecule has 0 bridgehead atoms. The van der Waals surface area contributed by atoms with Crippen LogP contribution in [0.1, 0.15) is 17.3 Å². The Kier molecular flexibility index (Phi) is 6.67. The Bertz CT molecular complexity index is 575. The first-order valence-corrected chi connectivity index (χ1v) is 7.38. The third-order valence-electron chi connectivity index (χ3n) is 2.34. The number of carboxylic acids is 1. The molecule has 0 saturated heterocycles. The van der Waals surface area contributed by atoms with Crippen LogP contribution in [0.25, 0.3) is 0 Å². The highest BCUT2D eigenvalue weighted by molar-refractivity contribution is 7.80. The summed E-state index contributed by atoms with van der Waals surface area (Å²) in [4.78, 5) is 21.8. The molecular weight excluding hydrogens is 373 g/mol. The van der Waals surface area contributed by atoms with Crippen LogP contribution in [0.3, 0.4) is 0 Å². The molecule has 1 atom stereocenters. The molecule has 0 aromatic heterocycles. The van der Waals surface area contributed by atoms with Gasteiger partial charge in [0.15, 0.2) is 5.11 Å². The standard InChI is InChI=1S/C12H12Cl3N3O3S/c1-6(19)16-10(12(13,14)15)18-11(22)17-8-4-2-7(3-5-8)9(20)21/h2-5,10H,1H3,(H,16,19)(H,20,21)(H2,17,18,22)/t10-/m1/s1. The van der Waals surface area contributed by atoms with Gasteiger partial charge in [-0.3, -0.25) is 4.79 Å². The summed E-state index contributed by atoms with van der Waals surface area (Å²) >= 11 is 22.3. The third kappa shape index (κ3) is 6.23. The van der Waals surface area contributed by atoms with E-state index < -0.39 is 21.8 Å². The number of rotatable bonds is 4. The fraction of sp³-hybridized carbons (Fsp3) is 0.250. The van der Waals surface area contributed by atoms with Gasteiger partial charge in [0.05, 0.1) is 5.56 Å². The monoisotopic (exact) mass is 383 g/mol. The van der Waals surface area contributed by atoms with Gasteiger partial charge in [-0.05, 0) is 36.5 Å². The van der Waals surface area contributed by atoms with E-state index in [0.29, 0.717) is 5.69 Å². The fourth-order valence-electron chi connectivity index (χ4n) is 1.40. The van der Waals surface area contributed by atoms with Crippen molar-refractivity contribution in [3.63, 3.8) is 0 Å². The highest BCUT2D eigenvalue weighted by Gasteiger charge is 2.33. The summed E-state index contributed by atoms with van der Waals surface area (Å²) in [6.07, 6.45) is -1.03. The topological polar surface area (TPSA) is 90.5 Å². The van der Waals surface area contributed by atoms with E-state index in [-0.39, 0.29) is 10.7 Å². The Morgan fingerprint density at radius 1 is 1.18 bits per heavy atom. The van der Waals surface area contributed by atoms with E-state index in [9.17, 15) is 9.59 Å². The Morgan fingerprint density at radius 2 is 1.73 bits per heavy atom. The smallest absolute Gasteiger partial charge is 0.335 e. The normalized spacial score (nSPS) is 12.2. The number of halogens is 3. The van der Waals surface area contributed by atoms with Crippen molar-refractivity contribution in [2.45, 2.75) is 16.9 Å². The minimum Gasteiger partial charge on any atom is -0.478 e. The highest BCUT2D eigenvalue weighted by atomic mass is 35.6. The first-order valence-electron chi connectivity index (χ1n) is 5.84. The summed E-state index contributed by atoms with van der Waals surface area (Å²) in [5.74, 6) is -1.44. The molecule has 0 aliphatic rings. The lowest BCUT2D eigenvalue weighted by atomic mass is 10.2. The van der Waals surface area contributed by atoms with Crippen LogP contribution in [-0.4, -0.2) is 32.1 Å². The van der Waals surface area contributed by atoms with Gasteiger partial charge < -0.3 is 21.1 Å². The van der Waals surface area contributed by atoms with Crippen LogP contribution in [-0.2, 0) is 4.79 Å². The van der Waals surface area contributed by atoms with Gasteiger partial charge in [0.25, 0.3) is 0 Å². The van der Waals surface area contributed by atoms with Crippen LogP contribution < -0.4 is 16.0 Å². The predicted molar refractivity (Wildman–Crippen MR) is 90.7 cm³/mol. The molecule has 0 aliphatic heterocycles. The molecule has 0 radical (unpaired) electrons. The molecule has 1 aromatic carbocycles. The number of aromatic carboxylic acids is 1. The lowest BCUT2D eigenvalue weighted by Crippen LogP contribution is -2.55. The Hall–Kier alpha value is -1.28. The molecule has 22 heavy (non-hydrogen) atoms. The van der Waals surface area contributed by atoms with Crippen molar-refractivity contribution in [2.24, 2.45) is 0 Å². The molecule has 0 fully saturated rings. The van der Waals surface area contributed by atoms with Crippen LogP contribution >= 0.6 is 47.0 Å². The number of carbonyl (C=O) groups is 2. The van der Waals surface area contributed by atoms with Crippen LogP contribution in [0.5, 0.6) is 0 Å². The van der Waals surface area contributed by atoms with Gasteiger partial charge in [-0.15, -0.1) is 0 Å². The van der Waals surface area contributed by atoms with Crippen LogP contribution in [0.2, 0.25) is 0 Å². The number of hydrogen-bond acceptors (Lipinski definition) is 3. The summed E-state index contributed by atoms with van der Waals surface area (Å²) in [6, 6.07) is 5.88. The highest BCUT2D eigenvalue weighted by Crippen LogP contribution is 2.29. The summed E-state index contributed by atoms with van der Waals surface area (Å²) in [6.45, 7) is 1.27. The first kappa shape index (κ1) is 18.8. The van der Waals surface area contributed by atoms with E-state index in [1.54, 1.807) is 0 Å². The second-order valence-electron chi connectivity index (χ2n) is 4.16. The van der Waals surface area contributed by atoms with E-state index in [2.05, 4.69) is 16.0 Å². The molecule has 6 nitrogen and oxygen atoms in total. The Morgan fingerprint density at radius 3 is 2.14 bits per heavy atom. The van der Waals surface area contributed by atoms with Crippen LogP contribution in [0.4, 0.5) is 5.69 Å². The maximum absolute atomic E-state index is 11.1. The van der Waals surface area contributed by atoms with Crippen molar-refractivity contribution in [2.75, 3.05) is 5.32 Å². The number of thiocarbonyl (C=S) groups is 1. The molecule has 1 amide bonds.